The Kier molecular flexibility index (Phi) is 2.97. The van der Waals surface area contributed by atoms with Gasteiger partial charge in [0.25, 0.3) is 5.91 Å². The summed E-state index contributed by atoms with van der Waals surface area (Å²) in [5.41, 5.74) is 6.43. The van der Waals surface area contributed by atoms with Gasteiger partial charge in [0.1, 0.15) is 5.56 Å². The van der Waals surface area contributed by atoms with Crippen LogP contribution in [0.3, 0.4) is 0 Å². The average Bonchev–Trinajstić information content (AvgIpc) is 2.71. The van der Waals surface area contributed by atoms with E-state index in [1.54, 1.807) is 19.9 Å². The topological polar surface area (TPSA) is 99.6 Å². The molecule has 94 valence electrons. The highest BCUT2D eigenvalue weighted by atomic mass is 16.5. The van der Waals surface area contributed by atoms with E-state index in [1.165, 1.54) is 10.7 Å². The Morgan fingerprint density at radius 3 is 2.83 bits per heavy atom. The molecule has 0 aliphatic carbocycles. The van der Waals surface area contributed by atoms with Crippen LogP contribution in [0.4, 0.5) is 0 Å². The van der Waals surface area contributed by atoms with Crippen LogP contribution in [0.1, 0.15) is 33.5 Å². The number of carbonyl (C=O) groups excluding carboxylic acids is 2. The largest absolute Gasteiger partial charge is 0.461 e. The van der Waals surface area contributed by atoms with Crippen molar-refractivity contribution in [1.29, 1.82) is 0 Å². The van der Waals surface area contributed by atoms with Gasteiger partial charge in [-0.3, -0.25) is 4.79 Å². The molecule has 18 heavy (non-hydrogen) atoms. The average molecular weight is 248 g/mol. The van der Waals surface area contributed by atoms with Crippen LogP contribution in [0, 0.1) is 6.92 Å². The van der Waals surface area contributed by atoms with Crippen LogP contribution >= 0.6 is 0 Å². The Hall–Kier alpha value is -2.44. The molecule has 0 saturated heterocycles. The molecule has 2 N–H and O–H groups in total. The molecule has 1 amide bonds. The lowest BCUT2D eigenvalue weighted by Gasteiger charge is -2.05. The van der Waals surface area contributed by atoms with E-state index in [4.69, 9.17) is 10.5 Å². The van der Waals surface area contributed by atoms with E-state index in [0.717, 1.165) is 0 Å². The maximum atomic E-state index is 11.8. The number of ether oxygens (including phenoxy) is 1. The fourth-order valence-electron chi connectivity index (χ4n) is 1.61. The number of aromatic nitrogens is 3. The quantitative estimate of drug-likeness (QED) is 0.788. The van der Waals surface area contributed by atoms with E-state index >= 15 is 0 Å². The van der Waals surface area contributed by atoms with Crippen LogP contribution in [-0.4, -0.2) is 33.1 Å². The molecule has 2 heterocycles. The van der Waals surface area contributed by atoms with Crippen LogP contribution in [-0.2, 0) is 4.74 Å². The van der Waals surface area contributed by atoms with E-state index in [0.29, 0.717) is 5.69 Å². The summed E-state index contributed by atoms with van der Waals surface area (Å²) < 4.78 is 6.17. The lowest BCUT2D eigenvalue weighted by molar-refractivity contribution is 0.0515. The molecule has 0 fully saturated rings. The highest BCUT2D eigenvalue weighted by Crippen LogP contribution is 2.12. The first-order valence-corrected chi connectivity index (χ1v) is 5.37. The zero-order valence-electron chi connectivity index (χ0n) is 10.0. The van der Waals surface area contributed by atoms with Gasteiger partial charge in [0, 0.05) is 5.69 Å². The highest BCUT2D eigenvalue weighted by molar-refractivity contribution is 5.99. The number of hydrogen-bond acceptors (Lipinski definition) is 5. The first-order valence-electron chi connectivity index (χ1n) is 5.37. The maximum absolute atomic E-state index is 11.8. The molecule has 0 aromatic carbocycles. The van der Waals surface area contributed by atoms with E-state index in [1.807, 2.05) is 0 Å². The molecule has 7 nitrogen and oxygen atoms in total. The van der Waals surface area contributed by atoms with Gasteiger partial charge >= 0.3 is 5.97 Å². The van der Waals surface area contributed by atoms with Crippen LogP contribution in [0.15, 0.2) is 12.3 Å². The third-order valence-electron chi connectivity index (χ3n) is 2.35. The summed E-state index contributed by atoms with van der Waals surface area (Å²) in [7, 11) is 0. The van der Waals surface area contributed by atoms with E-state index in [-0.39, 0.29) is 23.5 Å². The van der Waals surface area contributed by atoms with Crippen molar-refractivity contribution >= 4 is 17.5 Å². The minimum Gasteiger partial charge on any atom is -0.461 e. The van der Waals surface area contributed by atoms with E-state index in [2.05, 4.69) is 10.1 Å². The minimum atomic E-state index is -0.641. The number of rotatable bonds is 3. The van der Waals surface area contributed by atoms with Crippen molar-refractivity contribution in [3.8, 4) is 0 Å². The lowest BCUT2D eigenvalue weighted by atomic mass is 10.3. The predicted octanol–water partition coefficient (Wildman–Crippen LogP) is 0.313. The van der Waals surface area contributed by atoms with Crippen LogP contribution in [0.2, 0.25) is 0 Å². The van der Waals surface area contributed by atoms with Gasteiger partial charge in [0.05, 0.1) is 12.8 Å². The summed E-state index contributed by atoms with van der Waals surface area (Å²) in [6.07, 6.45) is 1.28. The standard InChI is InChI=1S/C11H12N4O3/c1-3-18-11(17)8-4-6(2)14-10-7(9(12)16)5-13-15(8)10/h4-5H,3H2,1-2H3,(H2,12,16). The van der Waals surface area contributed by atoms with Gasteiger partial charge in [0.15, 0.2) is 11.3 Å². The molecule has 0 aliphatic heterocycles. The van der Waals surface area contributed by atoms with Crippen molar-refractivity contribution in [2.45, 2.75) is 13.8 Å². The number of nitrogens with two attached hydrogens (primary N) is 1. The van der Waals surface area contributed by atoms with Gasteiger partial charge in [-0.05, 0) is 19.9 Å². The molecule has 0 bridgehead atoms. The first-order chi connectivity index (χ1) is 8.54. The van der Waals surface area contributed by atoms with Crippen LogP contribution in [0.25, 0.3) is 5.65 Å². The molecular formula is C11H12N4O3. The number of primary amides is 1. The lowest BCUT2D eigenvalue weighted by Crippen LogP contribution is -2.14. The SMILES string of the molecule is CCOC(=O)c1cc(C)nc2c(C(N)=O)cnn12. The summed E-state index contributed by atoms with van der Waals surface area (Å²) >= 11 is 0. The number of fused-ring (bicyclic) bond motifs is 1. The Balaban J connectivity index is 2.68. The summed E-state index contributed by atoms with van der Waals surface area (Å²) in [6, 6.07) is 1.54. The number of amides is 1. The minimum absolute atomic E-state index is 0.171. The van der Waals surface area contributed by atoms with Crippen molar-refractivity contribution < 1.29 is 14.3 Å². The Bertz CT molecular complexity index is 632. The molecule has 0 unspecified atom stereocenters. The van der Waals surface area contributed by atoms with Crippen LogP contribution in [0.5, 0.6) is 0 Å². The zero-order valence-corrected chi connectivity index (χ0v) is 10.0. The van der Waals surface area contributed by atoms with Crippen molar-refractivity contribution in [2.75, 3.05) is 6.61 Å². The Morgan fingerprint density at radius 1 is 1.50 bits per heavy atom. The highest BCUT2D eigenvalue weighted by Gasteiger charge is 2.18. The molecule has 2 aromatic rings. The van der Waals surface area contributed by atoms with Crippen molar-refractivity contribution in [1.82, 2.24) is 14.6 Å². The molecule has 0 radical (unpaired) electrons. The maximum Gasteiger partial charge on any atom is 0.357 e. The van der Waals surface area contributed by atoms with E-state index < -0.39 is 11.9 Å². The Morgan fingerprint density at radius 2 is 2.22 bits per heavy atom. The number of esters is 1. The molecule has 0 spiro atoms. The fourth-order valence-corrected chi connectivity index (χ4v) is 1.61. The summed E-state index contributed by atoms with van der Waals surface area (Å²) in [5, 5.41) is 3.94. The smallest absolute Gasteiger partial charge is 0.357 e. The zero-order chi connectivity index (χ0) is 13.3. The molecule has 0 saturated carbocycles. The second-order valence-corrected chi connectivity index (χ2v) is 3.66. The fraction of sp³-hybridized carbons (Fsp3) is 0.273. The van der Waals surface area contributed by atoms with Crippen molar-refractivity contribution in [3.05, 3.63) is 29.2 Å². The van der Waals surface area contributed by atoms with Gasteiger partial charge in [-0.25, -0.2) is 14.3 Å². The molecule has 2 aromatic heterocycles. The molecular weight excluding hydrogens is 236 g/mol. The Labute approximate surface area is 103 Å². The molecule has 7 heteroatoms. The second-order valence-electron chi connectivity index (χ2n) is 3.66. The number of nitrogens with zero attached hydrogens (tertiary/aromatic N) is 3. The normalized spacial score (nSPS) is 10.6. The first kappa shape index (κ1) is 12.0. The van der Waals surface area contributed by atoms with Gasteiger partial charge in [-0.15, -0.1) is 0 Å². The van der Waals surface area contributed by atoms with Gasteiger partial charge in [0.2, 0.25) is 0 Å². The van der Waals surface area contributed by atoms with Gasteiger partial charge in [-0.2, -0.15) is 5.10 Å². The second kappa shape index (κ2) is 4.44. The summed E-state index contributed by atoms with van der Waals surface area (Å²) in [5.74, 6) is -1.16. The monoisotopic (exact) mass is 248 g/mol. The summed E-state index contributed by atoms with van der Waals surface area (Å²) in [4.78, 5) is 27.1. The van der Waals surface area contributed by atoms with Crippen LogP contribution < -0.4 is 5.73 Å². The van der Waals surface area contributed by atoms with Crippen molar-refractivity contribution in [3.63, 3.8) is 0 Å². The summed E-state index contributed by atoms with van der Waals surface area (Å²) in [6.45, 7) is 3.67. The predicted molar refractivity (Wildman–Crippen MR) is 62.2 cm³/mol. The van der Waals surface area contributed by atoms with Gasteiger partial charge < -0.3 is 10.5 Å². The number of aryl methyl sites for hydroxylation is 1. The van der Waals surface area contributed by atoms with Gasteiger partial charge in [-0.1, -0.05) is 0 Å². The number of hydrogen-bond donors (Lipinski definition) is 1. The third-order valence-corrected chi connectivity index (χ3v) is 2.35. The molecule has 2 rings (SSSR count). The van der Waals surface area contributed by atoms with Crippen molar-refractivity contribution in [2.24, 2.45) is 5.73 Å². The van der Waals surface area contributed by atoms with E-state index in [9.17, 15) is 9.59 Å². The number of carbonyl (C=O) groups is 2. The third kappa shape index (κ3) is 1.90. The molecule has 0 aliphatic rings. The molecule has 0 atom stereocenters.